The van der Waals surface area contributed by atoms with E-state index in [0.717, 1.165) is 12.0 Å². The van der Waals surface area contributed by atoms with Gasteiger partial charge >= 0.3 is 0 Å². The molecule has 1 aliphatic heterocycles. The van der Waals surface area contributed by atoms with E-state index < -0.39 is 0 Å². The van der Waals surface area contributed by atoms with Crippen molar-refractivity contribution in [3.8, 4) is 0 Å². The fraction of sp³-hybridized carbons (Fsp3) is 1.00. The molecular weight excluding hydrogens is 98.1 g/mol. The fourth-order valence-electron chi connectivity index (χ4n) is 1.17. The first-order valence-electron chi connectivity index (χ1n) is 3.44. The maximum Gasteiger partial charge on any atom is 0.00388 e. The van der Waals surface area contributed by atoms with Crippen LogP contribution in [-0.4, -0.2) is 24.0 Å². The van der Waals surface area contributed by atoms with Crippen molar-refractivity contribution < 1.29 is 0 Å². The Labute approximate surface area is 51.7 Å². The predicted molar refractivity (Wildman–Crippen MR) is 35.9 cm³/mol. The molecule has 0 aromatic heterocycles. The van der Waals surface area contributed by atoms with Crippen LogP contribution in [0.15, 0.2) is 0 Å². The molecule has 1 heteroatoms. The average molecular weight is 113 g/mol. The second kappa shape index (κ2) is 2.06. The van der Waals surface area contributed by atoms with Gasteiger partial charge in [-0.3, -0.25) is 0 Å². The molecule has 0 amide bonds. The minimum absolute atomic E-state index is 0.770. The SMILES string of the molecule is CC1CN(C(C)C)C1. The van der Waals surface area contributed by atoms with Gasteiger partial charge in [0.15, 0.2) is 0 Å². The lowest BCUT2D eigenvalue weighted by Gasteiger charge is -2.40. The van der Waals surface area contributed by atoms with Crippen LogP contribution in [0.25, 0.3) is 0 Å². The van der Waals surface area contributed by atoms with E-state index in [9.17, 15) is 0 Å². The van der Waals surface area contributed by atoms with Gasteiger partial charge in [0.05, 0.1) is 0 Å². The third-order valence-corrected chi connectivity index (χ3v) is 1.82. The largest absolute Gasteiger partial charge is 0.300 e. The lowest BCUT2D eigenvalue weighted by Crippen LogP contribution is -2.48. The van der Waals surface area contributed by atoms with Crippen molar-refractivity contribution in [2.75, 3.05) is 13.1 Å². The van der Waals surface area contributed by atoms with E-state index in [2.05, 4.69) is 25.7 Å². The topological polar surface area (TPSA) is 3.24 Å². The number of rotatable bonds is 1. The summed E-state index contributed by atoms with van der Waals surface area (Å²) in [7, 11) is 0. The fourth-order valence-corrected chi connectivity index (χ4v) is 1.17. The highest BCUT2D eigenvalue weighted by atomic mass is 15.2. The summed E-state index contributed by atoms with van der Waals surface area (Å²) in [5.74, 6) is 0.956. The molecule has 0 aromatic rings. The van der Waals surface area contributed by atoms with E-state index in [1.165, 1.54) is 13.1 Å². The maximum absolute atomic E-state index is 2.49. The molecule has 0 saturated carbocycles. The average Bonchev–Trinajstić information content (AvgIpc) is 1.57. The van der Waals surface area contributed by atoms with Crippen molar-refractivity contribution in [1.29, 1.82) is 0 Å². The van der Waals surface area contributed by atoms with Gasteiger partial charge in [0.2, 0.25) is 0 Å². The highest BCUT2D eigenvalue weighted by Gasteiger charge is 2.23. The van der Waals surface area contributed by atoms with Crippen LogP contribution in [0, 0.1) is 5.92 Å². The molecule has 0 aliphatic carbocycles. The normalized spacial score (nSPS) is 24.0. The Kier molecular flexibility index (Phi) is 1.57. The molecule has 1 heterocycles. The van der Waals surface area contributed by atoms with Crippen LogP contribution in [0.2, 0.25) is 0 Å². The summed E-state index contributed by atoms with van der Waals surface area (Å²) in [4.78, 5) is 2.49. The van der Waals surface area contributed by atoms with E-state index in [4.69, 9.17) is 0 Å². The van der Waals surface area contributed by atoms with Crippen molar-refractivity contribution in [2.24, 2.45) is 5.92 Å². The Balaban J connectivity index is 2.15. The first-order valence-corrected chi connectivity index (χ1v) is 3.44. The number of likely N-dealkylation sites (tertiary alicyclic amines) is 1. The van der Waals surface area contributed by atoms with Crippen LogP contribution in [0.4, 0.5) is 0 Å². The minimum atomic E-state index is 0.770. The van der Waals surface area contributed by atoms with E-state index in [1.54, 1.807) is 0 Å². The van der Waals surface area contributed by atoms with Gasteiger partial charge in [0.25, 0.3) is 0 Å². The van der Waals surface area contributed by atoms with E-state index >= 15 is 0 Å². The predicted octanol–water partition coefficient (Wildman–Crippen LogP) is 1.35. The van der Waals surface area contributed by atoms with Crippen LogP contribution < -0.4 is 0 Å². The lowest BCUT2D eigenvalue weighted by molar-refractivity contribution is 0.0787. The molecule has 0 atom stereocenters. The third-order valence-electron chi connectivity index (χ3n) is 1.82. The van der Waals surface area contributed by atoms with E-state index in [-0.39, 0.29) is 0 Å². The Morgan fingerprint density at radius 2 is 1.88 bits per heavy atom. The molecule has 1 saturated heterocycles. The first-order chi connectivity index (χ1) is 3.70. The molecular formula is C7H15N. The molecule has 0 bridgehead atoms. The van der Waals surface area contributed by atoms with Crippen molar-refractivity contribution in [3.63, 3.8) is 0 Å². The van der Waals surface area contributed by atoms with Gasteiger partial charge in [-0.15, -0.1) is 0 Å². The monoisotopic (exact) mass is 113 g/mol. The van der Waals surface area contributed by atoms with Crippen LogP contribution >= 0.6 is 0 Å². The summed E-state index contributed by atoms with van der Waals surface area (Å²) in [5, 5.41) is 0. The van der Waals surface area contributed by atoms with E-state index in [0.29, 0.717) is 0 Å². The summed E-state index contributed by atoms with van der Waals surface area (Å²) in [6.07, 6.45) is 0. The molecule has 8 heavy (non-hydrogen) atoms. The van der Waals surface area contributed by atoms with Gasteiger partial charge < -0.3 is 4.90 Å². The van der Waals surface area contributed by atoms with Crippen molar-refractivity contribution in [3.05, 3.63) is 0 Å². The van der Waals surface area contributed by atoms with Crippen LogP contribution in [0.3, 0.4) is 0 Å². The minimum Gasteiger partial charge on any atom is -0.300 e. The van der Waals surface area contributed by atoms with Crippen molar-refractivity contribution in [1.82, 2.24) is 4.90 Å². The van der Waals surface area contributed by atoms with Gasteiger partial charge in [0, 0.05) is 19.1 Å². The first kappa shape index (κ1) is 6.09. The van der Waals surface area contributed by atoms with Crippen LogP contribution in [0.5, 0.6) is 0 Å². The highest BCUT2D eigenvalue weighted by Crippen LogP contribution is 2.16. The summed E-state index contributed by atoms with van der Waals surface area (Å²) in [6, 6.07) is 0.770. The molecule has 1 fully saturated rings. The maximum atomic E-state index is 2.49. The highest BCUT2D eigenvalue weighted by molar-refractivity contribution is 4.78. The molecule has 1 nitrogen and oxygen atoms in total. The molecule has 0 aromatic carbocycles. The summed E-state index contributed by atoms with van der Waals surface area (Å²) < 4.78 is 0. The molecule has 0 radical (unpaired) electrons. The van der Waals surface area contributed by atoms with Crippen LogP contribution in [-0.2, 0) is 0 Å². The summed E-state index contributed by atoms with van der Waals surface area (Å²) in [5.41, 5.74) is 0. The summed E-state index contributed by atoms with van der Waals surface area (Å²) in [6.45, 7) is 9.45. The van der Waals surface area contributed by atoms with Crippen molar-refractivity contribution >= 4 is 0 Å². The Hall–Kier alpha value is -0.0400. The summed E-state index contributed by atoms with van der Waals surface area (Å²) >= 11 is 0. The molecule has 48 valence electrons. The molecule has 1 aliphatic rings. The quantitative estimate of drug-likeness (QED) is 0.496. The van der Waals surface area contributed by atoms with Gasteiger partial charge in [-0.2, -0.15) is 0 Å². The Morgan fingerprint density at radius 3 is 2.00 bits per heavy atom. The van der Waals surface area contributed by atoms with Gasteiger partial charge in [0.1, 0.15) is 0 Å². The van der Waals surface area contributed by atoms with Gasteiger partial charge in [-0.25, -0.2) is 0 Å². The van der Waals surface area contributed by atoms with E-state index in [1.807, 2.05) is 0 Å². The molecule has 0 spiro atoms. The smallest absolute Gasteiger partial charge is 0.00388 e. The zero-order valence-electron chi connectivity index (χ0n) is 6.02. The van der Waals surface area contributed by atoms with Gasteiger partial charge in [-0.1, -0.05) is 6.92 Å². The van der Waals surface area contributed by atoms with Gasteiger partial charge in [-0.05, 0) is 19.8 Å². The Bertz CT molecular complexity index is 72.5. The van der Waals surface area contributed by atoms with Crippen LogP contribution in [0.1, 0.15) is 20.8 Å². The Morgan fingerprint density at radius 1 is 1.38 bits per heavy atom. The number of nitrogens with zero attached hydrogens (tertiary/aromatic N) is 1. The second-order valence-electron chi connectivity index (χ2n) is 3.15. The standard InChI is InChI=1S/C7H15N/c1-6(2)8-4-7(3)5-8/h6-7H,4-5H2,1-3H3. The lowest BCUT2D eigenvalue weighted by atomic mass is 10.0. The zero-order valence-corrected chi connectivity index (χ0v) is 6.02. The molecule has 1 rings (SSSR count). The van der Waals surface area contributed by atoms with Crippen molar-refractivity contribution in [2.45, 2.75) is 26.8 Å². The number of hydrogen-bond donors (Lipinski definition) is 0. The second-order valence-corrected chi connectivity index (χ2v) is 3.15. The molecule has 0 N–H and O–H groups in total. The third kappa shape index (κ3) is 1.03. The molecule has 0 unspecified atom stereocenters. The number of hydrogen-bond acceptors (Lipinski definition) is 1. The zero-order chi connectivity index (χ0) is 6.15.